The fourth-order valence-electron chi connectivity index (χ4n) is 2.68. The van der Waals surface area contributed by atoms with E-state index >= 15 is 0 Å². The minimum atomic E-state index is -0.0825. The number of hydrogen-bond donors (Lipinski definition) is 0. The molecule has 0 aromatic carbocycles. The smallest absolute Gasteiger partial charge is 0.133 e. The molecule has 0 aliphatic carbocycles. The molecule has 0 radical (unpaired) electrons. The lowest BCUT2D eigenvalue weighted by molar-refractivity contribution is -0.121. The van der Waals surface area contributed by atoms with Crippen LogP contribution in [0.15, 0.2) is 38.0 Å². The number of rotatable bonds is 15. The number of allylic oxidation sites excluding steroid dienone is 3. The molecule has 0 saturated heterocycles. The molecule has 0 rings (SSSR count). The van der Waals surface area contributed by atoms with Crippen molar-refractivity contribution in [2.75, 3.05) is 13.2 Å². The Morgan fingerprint density at radius 3 is 2.05 bits per heavy atom. The van der Waals surface area contributed by atoms with Crippen molar-refractivity contribution in [1.29, 1.82) is 0 Å². The van der Waals surface area contributed by atoms with Crippen LogP contribution < -0.4 is 0 Å². The number of ether oxygens (including phenoxy) is 1. The van der Waals surface area contributed by atoms with Crippen molar-refractivity contribution in [2.45, 2.75) is 58.8 Å². The number of carbonyl (C=O) groups excluding carboxylic acids is 1. The molecule has 2 nitrogen and oxygen atoms in total. The highest BCUT2D eigenvalue weighted by Gasteiger charge is 2.28. The normalized spacial score (nSPS) is 11.4. The minimum absolute atomic E-state index is 0.0825. The van der Waals surface area contributed by atoms with Gasteiger partial charge in [0.1, 0.15) is 5.78 Å². The topological polar surface area (TPSA) is 26.3 Å². The van der Waals surface area contributed by atoms with Crippen LogP contribution in [0.3, 0.4) is 0 Å². The number of ketones is 1. The second-order valence-electron chi connectivity index (χ2n) is 6.59. The van der Waals surface area contributed by atoms with Crippen LogP contribution in [0.5, 0.6) is 0 Å². The van der Waals surface area contributed by atoms with E-state index in [-0.39, 0.29) is 5.41 Å². The summed E-state index contributed by atoms with van der Waals surface area (Å²) in [6.07, 6.45) is 11.2. The molecule has 0 N–H and O–H groups in total. The molecule has 0 atom stereocenters. The third-order valence-corrected chi connectivity index (χ3v) is 3.89. The summed E-state index contributed by atoms with van der Waals surface area (Å²) in [5.41, 5.74) is -0.0825. The fourth-order valence-corrected chi connectivity index (χ4v) is 2.68. The lowest BCUT2D eigenvalue weighted by atomic mass is 9.73. The van der Waals surface area contributed by atoms with Crippen LogP contribution in [0.2, 0.25) is 0 Å². The maximum atomic E-state index is 12.3. The quantitative estimate of drug-likeness (QED) is 0.295. The molecule has 0 unspecified atom stereocenters. The molecule has 126 valence electrons. The van der Waals surface area contributed by atoms with E-state index in [4.69, 9.17) is 4.74 Å². The van der Waals surface area contributed by atoms with Gasteiger partial charge in [-0.15, -0.1) is 19.7 Å². The van der Waals surface area contributed by atoms with Gasteiger partial charge >= 0.3 is 0 Å². The van der Waals surface area contributed by atoms with E-state index < -0.39 is 0 Å². The van der Waals surface area contributed by atoms with Gasteiger partial charge in [0.2, 0.25) is 0 Å². The average molecular weight is 306 g/mol. The van der Waals surface area contributed by atoms with Crippen molar-refractivity contribution in [1.82, 2.24) is 0 Å². The Bertz CT molecular complexity index is 315. The highest BCUT2D eigenvalue weighted by atomic mass is 16.5. The zero-order valence-electron chi connectivity index (χ0n) is 14.6. The minimum Gasteiger partial charge on any atom is -0.381 e. The van der Waals surface area contributed by atoms with Crippen molar-refractivity contribution in [3.63, 3.8) is 0 Å². The van der Waals surface area contributed by atoms with E-state index in [1.165, 1.54) is 0 Å². The maximum Gasteiger partial charge on any atom is 0.133 e. The van der Waals surface area contributed by atoms with Gasteiger partial charge in [-0.3, -0.25) is 4.79 Å². The molecule has 0 saturated carbocycles. The van der Waals surface area contributed by atoms with Gasteiger partial charge in [0, 0.05) is 26.1 Å². The van der Waals surface area contributed by atoms with Gasteiger partial charge in [-0.2, -0.15) is 0 Å². The van der Waals surface area contributed by atoms with Gasteiger partial charge < -0.3 is 4.74 Å². The van der Waals surface area contributed by atoms with Crippen LogP contribution in [-0.2, 0) is 9.53 Å². The predicted octanol–water partition coefficient (Wildman–Crippen LogP) is 5.50. The third-order valence-electron chi connectivity index (χ3n) is 3.89. The Hall–Kier alpha value is -1.15. The van der Waals surface area contributed by atoms with Gasteiger partial charge in [-0.1, -0.05) is 32.1 Å². The Kier molecular flexibility index (Phi) is 11.8. The van der Waals surface area contributed by atoms with Crippen molar-refractivity contribution in [3.8, 4) is 0 Å². The molecule has 2 heteroatoms. The summed E-state index contributed by atoms with van der Waals surface area (Å²) in [6.45, 7) is 17.3. The molecule has 22 heavy (non-hydrogen) atoms. The van der Waals surface area contributed by atoms with E-state index in [1.807, 2.05) is 18.2 Å². The van der Waals surface area contributed by atoms with Crippen molar-refractivity contribution < 1.29 is 9.53 Å². The van der Waals surface area contributed by atoms with Crippen molar-refractivity contribution >= 4 is 5.78 Å². The van der Waals surface area contributed by atoms with E-state index in [2.05, 4.69) is 33.6 Å². The third kappa shape index (κ3) is 9.73. The number of hydrogen-bond acceptors (Lipinski definition) is 2. The molecular weight excluding hydrogens is 272 g/mol. The van der Waals surface area contributed by atoms with E-state index in [0.29, 0.717) is 31.1 Å². The standard InChI is InChI=1S/C20H34O2/c1-6-12-20(13-7-2,14-8-3)17-19(21)10-9-15-22-16-11-18(4)5/h6-8,18H,1-3,9-17H2,4-5H3. The molecule has 0 aromatic heterocycles. The molecule has 0 aliphatic rings. The van der Waals surface area contributed by atoms with Crippen LogP contribution in [0.4, 0.5) is 0 Å². The van der Waals surface area contributed by atoms with Gasteiger partial charge in [0.25, 0.3) is 0 Å². The average Bonchev–Trinajstić information content (AvgIpc) is 2.43. The second kappa shape index (κ2) is 12.4. The van der Waals surface area contributed by atoms with Crippen molar-refractivity contribution in [2.24, 2.45) is 11.3 Å². The molecule has 0 aliphatic heterocycles. The highest BCUT2D eigenvalue weighted by Crippen LogP contribution is 2.36. The molecule has 0 heterocycles. The number of carbonyl (C=O) groups is 1. The molecule has 0 fully saturated rings. The first-order chi connectivity index (χ1) is 10.5. The molecule has 0 spiro atoms. The first kappa shape index (κ1) is 20.9. The Morgan fingerprint density at radius 2 is 1.59 bits per heavy atom. The van der Waals surface area contributed by atoms with E-state index in [1.54, 1.807) is 0 Å². The Balaban J connectivity index is 4.19. The van der Waals surface area contributed by atoms with Gasteiger partial charge in [0.15, 0.2) is 0 Å². The largest absolute Gasteiger partial charge is 0.381 e. The zero-order chi connectivity index (χ0) is 16.8. The summed E-state index contributed by atoms with van der Waals surface area (Å²) < 4.78 is 5.57. The van der Waals surface area contributed by atoms with Gasteiger partial charge in [-0.05, 0) is 43.4 Å². The molecule has 0 amide bonds. The summed E-state index contributed by atoms with van der Waals surface area (Å²) in [5, 5.41) is 0. The molecule has 0 aromatic rings. The fraction of sp³-hybridized carbons (Fsp3) is 0.650. The van der Waals surface area contributed by atoms with Crippen LogP contribution >= 0.6 is 0 Å². The second-order valence-corrected chi connectivity index (χ2v) is 6.59. The van der Waals surface area contributed by atoms with Gasteiger partial charge in [0.05, 0.1) is 0 Å². The summed E-state index contributed by atoms with van der Waals surface area (Å²) in [4.78, 5) is 12.3. The predicted molar refractivity (Wildman–Crippen MR) is 96.0 cm³/mol. The van der Waals surface area contributed by atoms with Crippen LogP contribution in [-0.4, -0.2) is 19.0 Å². The zero-order valence-corrected chi connectivity index (χ0v) is 14.6. The first-order valence-corrected chi connectivity index (χ1v) is 8.42. The summed E-state index contributed by atoms with van der Waals surface area (Å²) in [7, 11) is 0. The van der Waals surface area contributed by atoms with Crippen LogP contribution in [0.25, 0.3) is 0 Å². The Labute approximate surface area is 137 Å². The first-order valence-electron chi connectivity index (χ1n) is 8.42. The van der Waals surface area contributed by atoms with Gasteiger partial charge in [-0.25, -0.2) is 0 Å². The number of Topliss-reactive ketones (excluding diaryl/α,β-unsaturated/α-hetero) is 1. The monoisotopic (exact) mass is 306 g/mol. The van der Waals surface area contributed by atoms with E-state index in [9.17, 15) is 4.79 Å². The SMILES string of the molecule is C=CCC(CC=C)(CC=C)CC(=O)CCCOCCC(C)C. The molecular formula is C20H34O2. The summed E-state index contributed by atoms with van der Waals surface area (Å²) in [6, 6.07) is 0. The molecule has 0 bridgehead atoms. The maximum absolute atomic E-state index is 12.3. The summed E-state index contributed by atoms with van der Waals surface area (Å²) >= 11 is 0. The van der Waals surface area contributed by atoms with Crippen molar-refractivity contribution in [3.05, 3.63) is 38.0 Å². The lowest BCUT2D eigenvalue weighted by Crippen LogP contribution is -2.23. The summed E-state index contributed by atoms with van der Waals surface area (Å²) in [5.74, 6) is 0.969. The highest BCUT2D eigenvalue weighted by molar-refractivity contribution is 5.79. The van der Waals surface area contributed by atoms with Crippen LogP contribution in [0.1, 0.15) is 58.8 Å². The lowest BCUT2D eigenvalue weighted by Gasteiger charge is -2.30. The van der Waals surface area contributed by atoms with E-state index in [0.717, 1.165) is 38.7 Å². The van der Waals surface area contributed by atoms with Crippen LogP contribution in [0, 0.1) is 11.3 Å². The Morgan fingerprint density at radius 1 is 1.05 bits per heavy atom.